The zero-order valence-electron chi connectivity index (χ0n) is 23.7. The highest BCUT2D eigenvalue weighted by molar-refractivity contribution is 7.14. The van der Waals surface area contributed by atoms with Gasteiger partial charge in [0, 0.05) is 61.9 Å². The lowest BCUT2D eigenvalue weighted by Gasteiger charge is -2.47. The average Bonchev–Trinajstić information content (AvgIpc) is 3.58. The largest absolute Gasteiger partial charge is 0.356 e. The molecule has 1 amide bonds. The summed E-state index contributed by atoms with van der Waals surface area (Å²) in [4.78, 5) is 30.6. The van der Waals surface area contributed by atoms with E-state index in [0.717, 1.165) is 48.0 Å². The van der Waals surface area contributed by atoms with E-state index in [2.05, 4.69) is 20.9 Å². The molecule has 0 N–H and O–H groups in total. The van der Waals surface area contributed by atoms with Crippen LogP contribution < -0.4 is 9.80 Å². The van der Waals surface area contributed by atoms with Gasteiger partial charge >= 0.3 is 0 Å². The average molecular weight is 572 g/mol. The molecule has 0 aliphatic carbocycles. The minimum absolute atomic E-state index is 0.0146. The van der Waals surface area contributed by atoms with E-state index in [9.17, 15) is 10.1 Å². The number of carbonyl (C=O) groups is 1. The van der Waals surface area contributed by atoms with Crippen LogP contribution in [0.5, 0.6) is 0 Å². The second-order valence-electron chi connectivity index (χ2n) is 11.6. The van der Waals surface area contributed by atoms with Crippen LogP contribution in [0, 0.1) is 29.5 Å². The number of rotatable bonds is 6. The molecule has 2 fully saturated rings. The van der Waals surface area contributed by atoms with Crippen molar-refractivity contribution in [2.45, 2.75) is 26.3 Å². The lowest BCUT2D eigenvalue weighted by molar-refractivity contribution is -0.136. The van der Waals surface area contributed by atoms with Gasteiger partial charge in [-0.3, -0.25) is 4.79 Å². The number of nitrogens with zero attached hydrogens (tertiary/aromatic N) is 7. The van der Waals surface area contributed by atoms with Crippen molar-refractivity contribution >= 4 is 28.1 Å². The molecule has 8 nitrogen and oxygen atoms in total. The van der Waals surface area contributed by atoms with Crippen LogP contribution in [0.4, 0.5) is 15.2 Å². The number of likely N-dealkylation sites (N-methyl/N-ethyl adjacent to an activating group) is 1. The summed E-state index contributed by atoms with van der Waals surface area (Å²) in [5, 5.41) is 11.6. The maximum atomic E-state index is 15.3. The molecule has 3 aliphatic rings. The van der Waals surface area contributed by atoms with Crippen LogP contribution in [0.25, 0.3) is 11.1 Å². The number of carbonyl (C=O) groups excluding carboxylic acids is 1. The number of likely N-dealkylation sites (tertiary alicyclic amines) is 1. The first kappa shape index (κ1) is 27.4. The summed E-state index contributed by atoms with van der Waals surface area (Å²) in [6.45, 7) is 6.92. The molecule has 2 saturated heterocycles. The fourth-order valence-corrected chi connectivity index (χ4v) is 7.24. The molecule has 0 radical (unpaired) electrons. The molecule has 3 aliphatic heterocycles. The third kappa shape index (κ3) is 5.09. The predicted octanol–water partition coefficient (Wildman–Crippen LogP) is 4.24. The summed E-state index contributed by atoms with van der Waals surface area (Å²) < 4.78 is 15.3. The molecular weight excluding hydrogens is 537 g/mol. The molecule has 3 aromatic rings. The summed E-state index contributed by atoms with van der Waals surface area (Å²) >= 11 is 1.61. The van der Waals surface area contributed by atoms with E-state index in [1.165, 1.54) is 6.07 Å². The minimum Gasteiger partial charge on any atom is -0.356 e. The van der Waals surface area contributed by atoms with Crippen molar-refractivity contribution in [1.82, 2.24) is 19.8 Å². The standard InChI is InChI=1S/C31H34FN7OS/c1-21-30(41-20-34-21)37-13-10-23-26(16-37)35-29(24(15-33)28(23)22-7-4-5-8-25(22)32)38-14-11-31(17-38)18-39(19-31)27(40)9-6-12-36(2)3/h4-9,20H,10-14,16-19H2,1-3H3/b9-6+. The number of nitriles is 1. The van der Waals surface area contributed by atoms with Crippen LogP contribution >= 0.6 is 11.3 Å². The lowest BCUT2D eigenvalue weighted by atomic mass is 9.79. The predicted molar refractivity (Wildman–Crippen MR) is 159 cm³/mol. The van der Waals surface area contributed by atoms with Crippen LogP contribution in [-0.2, 0) is 17.8 Å². The van der Waals surface area contributed by atoms with E-state index in [0.29, 0.717) is 55.1 Å². The number of benzene rings is 1. The Bertz CT molecular complexity index is 1550. The fraction of sp³-hybridized carbons (Fsp3) is 0.419. The Labute approximate surface area is 244 Å². The molecule has 1 spiro atoms. The molecule has 212 valence electrons. The first-order valence-corrected chi connectivity index (χ1v) is 14.9. The monoisotopic (exact) mass is 571 g/mol. The van der Waals surface area contributed by atoms with Gasteiger partial charge in [0.1, 0.15) is 28.3 Å². The van der Waals surface area contributed by atoms with E-state index < -0.39 is 0 Å². The quantitative estimate of drug-likeness (QED) is 0.410. The Morgan fingerprint density at radius 2 is 2.02 bits per heavy atom. The van der Waals surface area contributed by atoms with Gasteiger partial charge in [-0.25, -0.2) is 14.4 Å². The summed E-state index contributed by atoms with van der Waals surface area (Å²) in [6, 6.07) is 9.13. The summed E-state index contributed by atoms with van der Waals surface area (Å²) in [5.41, 5.74) is 6.22. The smallest absolute Gasteiger partial charge is 0.246 e. The van der Waals surface area contributed by atoms with Crippen molar-refractivity contribution < 1.29 is 9.18 Å². The minimum atomic E-state index is -0.336. The van der Waals surface area contributed by atoms with Crippen LogP contribution in [0.1, 0.15) is 28.9 Å². The molecule has 0 saturated carbocycles. The van der Waals surface area contributed by atoms with Gasteiger partial charge < -0.3 is 19.6 Å². The third-order valence-corrected chi connectivity index (χ3v) is 9.42. The highest BCUT2D eigenvalue weighted by atomic mass is 32.1. The van der Waals surface area contributed by atoms with Crippen molar-refractivity contribution in [2.75, 3.05) is 63.2 Å². The van der Waals surface area contributed by atoms with Crippen LogP contribution in [0.3, 0.4) is 0 Å². The van der Waals surface area contributed by atoms with E-state index >= 15 is 4.39 Å². The molecule has 1 aromatic carbocycles. The summed E-state index contributed by atoms with van der Waals surface area (Å²) in [5.74, 6) is 0.332. The summed E-state index contributed by atoms with van der Waals surface area (Å²) in [6.07, 6.45) is 5.14. The van der Waals surface area contributed by atoms with Crippen molar-refractivity contribution in [1.29, 1.82) is 5.26 Å². The van der Waals surface area contributed by atoms with E-state index in [1.54, 1.807) is 29.5 Å². The van der Waals surface area contributed by atoms with Crippen molar-refractivity contribution in [2.24, 2.45) is 5.41 Å². The zero-order valence-corrected chi connectivity index (χ0v) is 24.5. The van der Waals surface area contributed by atoms with Crippen LogP contribution in [-0.4, -0.2) is 79.0 Å². The first-order chi connectivity index (χ1) is 19.8. The molecule has 41 heavy (non-hydrogen) atoms. The van der Waals surface area contributed by atoms with E-state index in [4.69, 9.17) is 4.98 Å². The van der Waals surface area contributed by atoms with Crippen LogP contribution in [0.2, 0.25) is 0 Å². The Balaban J connectivity index is 1.32. The van der Waals surface area contributed by atoms with Gasteiger partial charge in [-0.05, 0) is 45.5 Å². The number of pyridine rings is 1. The highest BCUT2D eigenvalue weighted by Gasteiger charge is 2.49. The topological polar surface area (TPSA) is 79.6 Å². The van der Waals surface area contributed by atoms with Gasteiger partial charge in [-0.15, -0.1) is 11.3 Å². The number of fused-ring (bicyclic) bond motifs is 1. The van der Waals surface area contributed by atoms with Gasteiger partial charge in [-0.1, -0.05) is 24.3 Å². The zero-order chi connectivity index (χ0) is 28.7. The number of aryl methyl sites for hydroxylation is 1. The number of anilines is 2. The van der Waals surface area contributed by atoms with Crippen molar-refractivity contribution in [3.63, 3.8) is 0 Å². The molecule has 0 bridgehead atoms. The highest BCUT2D eigenvalue weighted by Crippen LogP contribution is 2.45. The number of hydrogen-bond acceptors (Lipinski definition) is 8. The summed E-state index contributed by atoms with van der Waals surface area (Å²) in [7, 11) is 3.95. The molecule has 10 heteroatoms. The maximum Gasteiger partial charge on any atom is 0.246 e. The normalized spacial score (nSPS) is 17.8. The molecule has 6 rings (SSSR count). The second kappa shape index (κ2) is 10.9. The number of amides is 1. The van der Waals surface area contributed by atoms with E-state index in [1.807, 2.05) is 48.5 Å². The lowest BCUT2D eigenvalue weighted by Crippen LogP contribution is -2.59. The first-order valence-electron chi connectivity index (χ1n) is 14.0. The number of thiazole rings is 1. The van der Waals surface area contributed by atoms with Crippen molar-refractivity contribution in [3.8, 4) is 17.2 Å². The molecule has 0 atom stereocenters. The Hall–Kier alpha value is -3.81. The second-order valence-corrected chi connectivity index (χ2v) is 12.5. The molecule has 2 aromatic heterocycles. The van der Waals surface area contributed by atoms with Gasteiger partial charge in [0.2, 0.25) is 5.91 Å². The molecular formula is C31H34FN7OS. The van der Waals surface area contributed by atoms with E-state index in [-0.39, 0.29) is 17.1 Å². The molecule has 0 unspecified atom stereocenters. The van der Waals surface area contributed by atoms with Gasteiger partial charge in [-0.2, -0.15) is 5.26 Å². The van der Waals surface area contributed by atoms with Crippen molar-refractivity contribution in [3.05, 3.63) is 70.3 Å². The number of aromatic nitrogens is 2. The molecule has 5 heterocycles. The number of halogens is 1. The van der Waals surface area contributed by atoms with Gasteiger partial charge in [0.15, 0.2) is 0 Å². The Morgan fingerprint density at radius 3 is 2.73 bits per heavy atom. The fourth-order valence-electron chi connectivity index (χ4n) is 6.40. The van der Waals surface area contributed by atoms with Gasteiger partial charge in [0.25, 0.3) is 0 Å². The maximum absolute atomic E-state index is 15.3. The number of hydrogen-bond donors (Lipinski definition) is 0. The Kier molecular flexibility index (Phi) is 7.26. The van der Waals surface area contributed by atoms with Gasteiger partial charge in [0.05, 0.1) is 23.4 Å². The third-order valence-electron chi connectivity index (χ3n) is 8.43. The Morgan fingerprint density at radius 1 is 1.22 bits per heavy atom. The van der Waals surface area contributed by atoms with Crippen LogP contribution in [0.15, 0.2) is 41.9 Å². The SMILES string of the molecule is Cc1ncsc1N1CCc2c(nc(N3CCC4(CN(C(=O)/C=C/CN(C)C)C4)C3)c(C#N)c2-c2ccccc2F)C1.